The third-order valence-electron chi connectivity index (χ3n) is 2.55. The number of carbonyl (C=O) groups is 1. The van der Waals surface area contributed by atoms with Crippen molar-refractivity contribution in [3.8, 4) is 0 Å². The first kappa shape index (κ1) is 9.72. The number of benzene rings is 1. The molecule has 0 bridgehead atoms. The smallest absolute Gasteiger partial charge is 0.275 e. The van der Waals surface area contributed by atoms with Crippen LogP contribution < -0.4 is 5.32 Å². The van der Waals surface area contributed by atoms with Crippen molar-refractivity contribution in [1.82, 2.24) is 4.98 Å². The van der Waals surface area contributed by atoms with Gasteiger partial charge in [0.1, 0.15) is 5.71 Å². The van der Waals surface area contributed by atoms with Gasteiger partial charge < -0.3 is 5.32 Å². The van der Waals surface area contributed by atoms with Crippen molar-refractivity contribution >= 4 is 23.0 Å². The first-order chi connectivity index (χ1) is 8.34. The van der Waals surface area contributed by atoms with Crippen LogP contribution in [0.25, 0.3) is 0 Å². The van der Waals surface area contributed by atoms with Crippen LogP contribution in [0.15, 0.2) is 53.8 Å². The second-order valence-corrected chi connectivity index (χ2v) is 3.67. The van der Waals surface area contributed by atoms with Crippen molar-refractivity contribution < 1.29 is 4.79 Å². The minimum Gasteiger partial charge on any atom is -0.320 e. The molecule has 4 heteroatoms. The normalized spacial score (nSPS) is 15.8. The number of fused-ring (bicyclic) bond motifs is 1. The Labute approximate surface area is 98.0 Å². The Bertz CT molecular complexity index is 605. The van der Waals surface area contributed by atoms with Gasteiger partial charge in [-0.1, -0.05) is 18.2 Å². The summed E-state index contributed by atoms with van der Waals surface area (Å²) in [4.78, 5) is 20.0. The summed E-state index contributed by atoms with van der Waals surface area (Å²) < 4.78 is 0. The SMILES string of the molecule is O=C1Nc2ccccc2C1=Nc1ccncc1. The Morgan fingerprint density at radius 2 is 1.82 bits per heavy atom. The van der Waals surface area contributed by atoms with Gasteiger partial charge in [-0.25, -0.2) is 4.99 Å². The summed E-state index contributed by atoms with van der Waals surface area (Å²) in [6.45, 7) is 0. The zero-order valence-electron chi connectivity index (χ0n) is 8.92. The summed E-state index contributed by atoms with van der Waals surface area (Å²) in [6, 6.07) is 11.0. The molecule has 1 amide bonds. The molecule has 82 valence electrons. The van der Waals surface area contributed by atoms with E-state index in [1.54, 1.807) is 24.5 Å². The number of nitrogens with zero attached hydrogens (tertiary/aromatic N) is 2. The highest BCUT2D eigenvalue weighted by atomic mass is 16.2. The first-order valence-electron chi connectivity index (χ1n) is 5.24. The number of amides is 1. The standard InChI is InChI=1S/C13H9N3O/c17-13-12(15-9-5-7-14-8-6-9)10-3-1-2-4-11(10)16-13/h1-8H,(H,14,15,16,17). The Kier molecular flexibility index (Phi) is 2.19. The minimum atomic E-state index is -0.164. The summed E-state index contributed by atoms with van der Waals surface area (Å²) in [5.74, 6) is -0.164. The minimum absolute atomic E-state index is 0.164. The molecule has 0 radical (unpaired) electrons. The predicted molar refractivity (Wildman–Crippen MR) is 65.5 cm³/mol. The van der Waals surface area contributed by atoms with Gasteiger partial charge in [-0.2, -0.15) is 0 Å². The summed E-state index contributed by atoms with van der Waals surface area (Å²) >= 11 is 0. The number of rotatable bonds is 1. The topological polar surface area (TPSA) is 54.4 Å². The molecule has 17 heavy (non-hydrogen) atoms. The third-order valence-corrected chi connectivity index (χ3v) is 2.55. The van der Waals surface area contributed by atoms with Crippen LogP contribution in [0.5, 0.6) is 0 Å². The summed E-state index contributed by atoms with van der Waals surface area (Å²) in [7, 11) is 0. The van der Waals surface area contributed by atoms with E-state index in [0.29, 0.717) is 5.71 Å². The van der Waals surface area contributed by atoms with Gasteiger partial charge in [0.2, 0.25) is 0 Å². The van der Waals surface area contributed by atoms with Crippen molar-refractivity contribution in [3.63, 3.8) is 0 Å². The number of aromatic nitrogens is 1. The molecule has 3 rings (SSSR count). The Morgan fingerprint density at radius 3 is 2.65 bits per heavy atom. The molecule has 1 aromatic heterocycles. The van der Waals surface area contributed by atoms with Crippen molar-refractivity contribution in [2.24, 2.45) is 4.99 Å². The maximum absolute atomic E-state index is 11.8. The molecule has 0 spiro atoms. The number of pyridine rings is 1. The summed E-state index contributed by atoms with van der Waals surface area (Å²) in [6.07, 6.45) is 3.30. The number of carbonyl (C=O) groups excluding carboxylic acids is 1. The third kappa shape index (κ3) is 1.69. The van der Waals surface area contributed by atoms with Crippen LogP contribution in [0.1, 0.15) is 5.56 Å². The molecular weight excluding hydrogens is 214 g/mol. The monoisotopic (exact) mass is 223 g/mol. The summed E-state index contributed by atoms with van der Waals surface area (Å²) in [5, 5.41) is 2.78. The maximum Gasteiger partial charge on any atom is 0.275 e. The van der Waals surface area contributed by atoms with Crippen LogP contribution in [0.4, 0.5) is 11.4 Å². The molecule has 0 fully saturated rings. The summed E-state index contributed by atoms with van der Waals surface area (Å²) in [5.41, 5.74) is 2.83. The van der Waals surface area contributed by atoms with E-state index >= 15 is 0 Å². The van der Waals surface area contributed by atoms with E-state index in [1.807, 2.05) is 24.3 Å². The van der Waals surface area contributed by atoms with Gasteiger partial charge in [0, 0.05) is 18.0 Å². The van der Waals surface area contributed by atoms with Gasteiger partial charge in [-0.3, -0.25) is 9.78 Å². The fraction of sp³-hybridized carbons (Fsp3) is 0. The highest BCUT2D eigenvalue weighted by Crippen LogP contribution is 2.24. The molecule has 1 aliphatic rings. The fourth-order valence-corrected chi connectivity index (χ4v) is 1.76. The quantitative estimate of drug-likeness (QED) is 0.805. The van der Waals surface area contributed by atoms with Crippen LogP contribution in [0.3, 0.4) is 0 Å². The molecule has 0 saturated heterocycles. The van der Waals surface area contributed by atoms with Crippen LogP contribution in [-0.2, 0) is 4.79 Å². The van der Waals surface area contributed by atoms with Crippen molar-refractivity contribution in [2.75, 3.05) is 5.32 Å². The lowest BCUT2D eigenvalue weighted by molar-refractivity contribution is -0.110. The lowest BCUT2D eigenvalue weighted by Gasteiger charge is -1.96. The van der Waals surface area contributed by atoms with Crippen molar-refractivity contribution in [1.29, 1.82) is 0 Å². The van der Waals surface area contributed by atoms with E-state index in [2.05, 4.69) is 15.3 Å². The van der Waals surface area contributed by atoms with Crippen molar-refractivity contribution in [2.45, 2.75) is 0 Å². The second kappa shape index (κ2) is 3.83. The van der Waals surface area contributed by atoms with E-state index in [1.165, 1.54) is 0 Å². The lowest BCUT2D eigenvalue weighted by atomic mass is 10.1. The zero-order valence-corrected chi connectivity index (χ0v) is 8.92. The Hall–Kier alpha value is -2.49. The van der Waals surface area contributed by atoms with Crippen LogP contribution >= 0.6 is 0 Å². The fourth-order valence-electron chi connectivity index (χ4n) is 1.76. The van der Waals surface area contributed by atoms with Gasteiger partial charge in [0.25, 0.3) is 5.91 Å². The lowest BCUT2D eigenvalue weighted by Crippen LogP contribution is -2.13. The van der Waals surface area contributed by atoms with Gasteiger partial charge in [0.05, 0.1) is 11.4 Å². The molecule has 0 aliphatic carbocycles. The molecule has 0 saturated carbocycles. The highest BCUT2D eigenvalue weighted by Gasteiger charge is 2.24. The Balaban J connectivity index is 2.10. The maximum atomic E-state index is 11.8. The highest BCUT2D eigenvalue weighted by molar-refractivity contribution is 6.54. The molecule has 2 heterocycles. The van der Waals surface area contributed by atoms with Gasteiger partial charge in [0.15, 0.2) is 0 Å². The van der Waals surface area contributed by atoms with E-state index in [9.17, 15) is 4.79 Å². The predicted octanol–water partition coefficient (Wildman–Crippen LogP) is 2.15. The zero-order chi connectivity index (χ0) is 11.7. The van der Waals surface area contributed by atoms with Gasteiger partial charge in [-0.05, 0) is 18.2 Å². The largest absolute Gasteiger partial charge is 0.320 e. The molecule has 0 atom stereocenters. The number of nitrogens with one attached hydrogen (secondary N) is 1. The number of hydrogen-bond acceptors (Lipinski definition) is 3. The Morgan fingerprint density at radius 1 is 1.06 bits per heavy atom. The molecule has 1 aliphatic heterocycles. The number of anilines is 1. The number of aliphatic imine (C=N–C) groups is 1. The molecule has 2 aromatic rings. The first-order valence-corrected chi connectivity index (χ1v) is 5.24. The number of hydrogen-bond donors (Lipinski definition) is 1. The van der Waals surface area contributed by atoms with Gasteiger partial charge in [-0.15, -0.1) is 0 Å². The molecule has 1 N–H and O–H groups in total. The number of para-hydroxylation sites is 1. The average Bonchev–Trinajstić information content (AvgIpc) is 2.68. The van der Waals surface area contributed by atoms with Crippen molar-refractivity contribution in [3.05, 3.63) is 54.4 Å². The van der Waals surface area contributed by atoms with E-state index in [4.69, 9.17) is 0 Å². The molecule has 4 nitrogen and oxygen atoms in total. The van der Waals surface area contributed by atoms with Gasteiger partial charge >= 0.3 is 0 Å². The van der Waals surface area contributed by atoms with Crippen LogP contribution in [0.2, 0.25) is 0 Å². The van der Waals surface area contributed by atoms with Crippen LogP contribution in [0, 0.1) is 0 Å². The molecular formula is C13H9N3O. The van der Waals surface area contributed by atoms with Crippen LogP contribution in [-0.4, -0.2) is 16.6 Å². The molecule has 0 unspecified atom stereocenters. The second-order valence-electron chi connectivity index (χ2n) is 3.67. The van der Waals surface area contributed by atoms with E-state index in [-0.39, 0.29) is 5.91 Å². The average molecular weight is 223 g/mol. The van der Waals surface area contributed by atoms with E-state index in [0.717, 1.165) is 16.9 Å². The molecule has 1 aromatic carbocycles. The van der Waals surface area contributed by atoms with E-state index < -0.39 is 0 Å².